The molecule has 0 unspecified atom stereocenters. The van der Waals surface area contributed by atoms with E-state index in [-0.39, 0.29) is 23.9 Å². The van der Waals surface area contributed by atoms with Gasteiger partial charge < -0.3 is 19.7 Å². The number of hydrogen-bond acceptors (Lipinski definition) is 4. The summed E-state index contributed by atoms with van der Waals surface area (Å²) in [4.78, 5) is 0. The Morgan fingerprint density at radius 1 is 1.22 bits per heavy atom. The van der Waals surface area contributed by atoms with Gasteiger partial charge in [0.05, 0.1) is 0 Å². The Hall–Kier alpha value is -1.73. The minimum Gasteiger partial charge on any atom is -0.454 e. The van der Waals surface area contributed by atoms with E-state index >= 15 is 0 Å². The molecule has 1 aliphatic heterocycles. The molecule has 0 aliphatic carbocycles. The number of aliphatic hydroxyl groups is 2. The van der Waals surface area contributed by atoms with Crippen molar-refractivity contribution < 1.29 is 32.9 Å². The molecule has 98 valence electrons. The van der Waals surface area contributed by atoms with Gasteiger partial charge in [0.15, 0.2) is 17.8 Å². The van der Waals surface area contributed by atoms with Crippen LogP contribution in [0, 0.1) is 0 Å². The van der Waals surface area contributed by atoms with Crippen molar-refractivity contribution in [3.05, 3.63) is 29.3 Å². The van der Waals surface area contributed by atoms with Gasteiger partial charge in [-0.15, -0.1) is 0 Å². The van der Waals surface area contributed by atoms with Crippen LogP contribution >= 0.6 is 0 Å². The average molecular weight is 262 g/mol. The lowest BCUT2D eigenvalue weighted by Gasteiger charge is -2.10. The van der Waals surface area contributed by atoms with Gasteiger partial charge in [-0.2, -0.15) is 13.2 Å². The van der Waals surface area contributed by atoms with E-state index in [1.165, 1.54) is 6.07 Å². The number of alkyl halides is 3. The van der Waals surface area contributed by atoms with Crippen LogP contribution in [-0.2, 0) is 6.18 Å². The van der Waals surface area contributed by atoms with Crippen LogP contribution in [0.5, 0.6) is 11.5 Å². The summed E-state index contributed by atoms with van der Waals surface area (Å²) in [5.41, 5.74) is -0.816. The van der Waals surface area contributed by atoms with Crippen LogP contribution in [0.4, 0.5) is 13.2 Å². The summed E-state index contributed by atoms with van der Waals surface area (Å²) in [5.74, 6) is -0.360. The van der Waals surface area contributed by atoms with Crippen LogP contribution < -0.4 is 9.47 Å². The maximum absolute atomic E-state index is 12.8. The Bertz CT molecular complexity index is 480. The first-order chi connectivity index (χ1) is 8.38. The third kappa shape index (κ3) is 2.57. The average Bonchev–Trinajstić information content (AvgIpc) is 2.71. The van der Waals surface area contributed by atoms with E-state index in [1.807, 2.05) is 0 Å². The number of hydrogen-bond donors (Lipinski definition) is 2. The molecule has 1 aromatic rings. The predicted octanol–water partition coefficient (Wildman–Crippen LogP) is 1.76. The summed E-state index contributed by atoms with van der Waals surface area (Å²) in [5, 5.41) is 17.3. The molecule has 2 N–H and O–H groups in total. The normalized spacial score (nSPS) is 14.8. The van der Waals surface area contributed by atoms with E-state index in [1.54, 1.807) is 0 Å². The van der Waals surface area contributed by atoms with E-state index in [9.17, 15) is 13.2 Å². The highest BCUT2D eigenvalue weighted by Gasteiger charge is 2.38. The fourth-order valence-electron chi connectivity index (χ4n) is 1.54. The predicted molar refractivity (Wildman–Crippen MR) is 54.8 cm³/mol. The van der Waals surface area contributed by atoms with Crippen molar-refractivity contribution in [1.82, 2.24) is 0 Å². The van der Waals surface area contributed by atoms with E-state index in [0.29, 0.717) is 0 Å². The maximum Gasteiger partial charge on any atom is 0.420 e. The molecule has 1 heterocycles. The van der Waals surface area contributed by atoms with E-state index in [2.05, 4.69) is 0 Å². The highest BCUT2D eigenvalue weighted by Crippen LogP contribution is 2.45. The minimum absolute atomic E-state index is 0.0168. The first kappa shape index (κ1) is 12.7. The summed E-state index contributed by atoms with van der Waals surface area (Å²) in [6.07, 6.45) is -4.20. The van der Waals surface area contributed by atoms with E-state index in [0.717, 1.165) is 18.2 Å². The number of aliphatic hydroxyl groups excluding tert-OH is 1. The van der Waals surface area contributed by atoms with Crippen molar-refractivity contribution in [3.8, 4) is 11.5 Å². The molecule has 0 spiro atoms. The number of halogens is 3. The van der Waals surface area contributed by atoms with Gasteiger partial charge in [0.25, 0.3) is 0 Å². The van der Waals surface area contributed by atoms with Crippen molar-refractivity contribution >= 4 is 6.08 Å². The zero-order valence-corrected chi connectivity index (χ0v) is 8.94. The van der Waals surface area contributed by atoms with Gasteiger partial charge in [0.1, 0.15) is 5.56 Å². The number of rotatable bonds is 2. The molecule has 0 fully saturated rings. The van der Waals surface area contributed by atoms with Gasteiger partial charge in [-0.25, -0.2) is 0 Å². The molecule has 1 aliphatic rings. The molecule has 0 aromatic heterocycles. The second kappa shape index (κ2) is 4.51. The third-order valence-corrected chi connectivity index (χ3v) is 2.26. The quantitative estimate of drug-likeness (QED) is 0.797. The van der Waals surface area contributed by atoms with Gasteiger partial charge in [0.2, 0.25) is 6.79 Å². The van der Waals surface area contributed by atoms with Crippen molar-refractivity contribution in [3.63, 3.8) is 0 Å². The Labute approximate surface area is 99.9 Å². The SMILES string of the molecule is OC(O)C=Cc1cc2c(c(C(F)(F)F)c1)OCO2. The molecule has 2 rings (SSSR count). The largest absolute Gasteiger partial charge is 0.454 e. The zero-order chi connectivity index (χ0) is 13.3. The first-order valence-electron chi connectivity index (χ1n) is 4.93. The lowest BCUT2D eigenvalue weighted by molar-refractivity contribution is -0.138. The minimum atomic E-state index is -4.57. The second-order valence-electron chi connectivity index (χ2n) is 3.57. The molecular weight excluding hydrogens is 253 g/mol. The van der Waals surface area contributed by atoms with Crippen molar-refractivity contribution in [2.75, 3.05) is 6.79 Å². The lowest BCUT2D eigenvalue weighted by Crippen LogP contribution is -2.07. The van der Waals surface area contributed by atoms with Crippen LogP contribution in [0.2, 0.25) is 0 Å². The van der Waals surface area contributed by atoms with Gasteiger partial charge in [0, 0.05) is 0 Å². The zero-order valence-electron chi connectivity index (χ0n) is 8.94. The molecule has 7 heteroatoms. The Kier molecular flexibility index (Phi) is 3.18. The van der Waals surface area contributed by atoms with Gasteiger partial charge in [-0.3, -0.25) is 0 Å². The van der Waals surface area contributed by atoms with Crippen molar-refractivity contribution in [2.24, 2.45) is 0 Å². The standard InChI is InChI=1S/C11H9F3O4/c12-11(13,14)7-3-6(1-2-9(15)16)4-8-10(7)18-5-17-8/h1-4,9,15-16H,5H2. The molecule has 0 atom stereocenters. The van der Waals surface area contributed by atoms with Crippen LogP contribution in [0.1, 0.15) is 11.1 Å². The summed E-state index contributed by atoms with van der Waals surface area (Å²) < 4.78 is 48.0. The van der Waals surface area contributed by atoms with Crippen LogP contribution in [0.3, 0.4) is 0 Å². The molecule has 0 saturated heterocycles. The molecule has 0 saturated carbocycles. The number of ether oxygens (including phenoxy) is 2. The summed E-state index contributed by atoms with van der Waals surface area (Å²) >= 11 is 0. The monoisotopic (exact) mass is 262 g/mol. The molecule has 0 bridgehead atoms. The number of benzene rings is 1. The molecule has 4 nitrogen and oxygen atoms in total. The van der Waals surface area contributed by atoms with Gasteiger partial charge in [-0.1, -0.05) is 6.08 Å². The Morgan fingerprint density at radius 2 is 1.94 bits per heavy atom. The maximum atomic E-state index is 12.8. The van der Waals surface area contributed by atoms with E-state index in [4.69, 9.17) is 19.7 Å². The smallest absolute Gasteiger partial charge is 0.420 e. The molecule has 0 radical (unpaired) electrons. The second-order valence-corrected chi connectivity index (χ2v) is 3.57. The highest BCUT2D eigenvalue weighted by molar-refractivity contribution is 5.60. The van der Waals surface area contributed by atoms with Gasteiger partial charge >= 0.3 is 6.18 Å². The van der Waals surface area contributed by atoms with E-state index < -0.39 is 18.0 Å². The third-order valence-electron chi connectivity index (χ3n) is 2.26. The fourth-order valence-corrected chi connectivity index (χ4v) is 1.54. The summed E-state index contributed by atoms with van der Waals surface area (Å²) in [6, 6.07) is 2.18. The van der Waals surface area contributed by atoms with Crippen molar-refractivity contribution in [2.45, 2.75) is 12.5 Å². The Morgan fingerprint density at radius 3 is 2.56 bits per heavy atom. The van der Waals surface area contributed by atoms with Crippen LogP contribution in [0.15, 0.2) is 18.2 Å². The number of fused-ring (bicyclic) bond motifs is 1. The molecule has 18 heavy (non-hydrogen) atoms. The van der Waals surface area contributed by atoms with Crippen LogP contribution in [-0.4, -0.2) is 23.3 Å². The van der Waals surface area contributed by atoms with Crippen LogP contribution in [0.25, 0.3) is 6.08 Å². The fraction of sp³-hybridized carbons (Fsp3) is 0.273. The summed E-state index contributed by atoms with van der Waals surface area (Å²) in [6.45, 7) is -0.270. The summed E-state index contributed by atoms with van der Waals surface area (Å²) in [7, 11) is 0. The van der Waals surface area contributed by atoms with Gasteiger partial charge in [-0.05, 0) is 23.8 Å². The Balaban J connectivity index is 2.46. The molecule has 1 aromatic carbocycles. The molecule has 0 amide bonds. The molecular formula is C11H9F3O4. The highest BCUT2D eigenvalue weighted by atomic mass is 19.4. The van der Waals surface area contributed by atoms with Crippen molar-refractivity contribution in [1.29, 1.82) is 0 Å². The first-order valence-corrected chi connectivity index (χ1v) is 4.93. The topological polar surface area (TPSA) is 58.9 Å². The lowest BCUT2D eigenvalue weighted by atomic mass is 10.1.